The summed E-state index contributed by atoms with van der Waals surface area (Å²) in [5.74, 6) is 0.737. The molecule has 2 bridgehead atoms. The van der Waals surface area contributed by atoms with Crippen molar-refractivity contribution in [2.45, 2.75) is 38.1 Å². The van der Waals surface area contributed by atoms with Gasteiger partial charge in [-0.15, -0.1) is 6.58 Å². The van der Waals surface area contributed by atoms with Gasteiger partial charge in [0.1, 0.15) is 0 Å². The van der Waals surface area contributed by atoms with Gasteiger partial charge in [0.15, 0.2) is 0 Å². The lowest BCUT2D eigenvalue weighted by atomic mass is 9.59. The first-order chi connectivity index (χ1) is 8.66. The second-order valence-electron chi connectivity index (χ2n) is 6.17. The summed E-state index contributed by atoms with van der Waals surface area (Å²) >= 11 is 0. The number of hydrogen-bond donors (Lipinski definition) is 0. The molecule has 1 heterocycles. The van der Waals surface area contributed by atoms with Crippen LogP contribution in [0.5, 0.6) is 0 Å². The first-order valence-electron chi connectivity index (χ1n) is 7.10. The molecule has 2 aliphatic rings. The zero-order chi connectivity index (χ0) is 12.8. The molecule has 1 aromatic rings. The van der Waals surface area contributed by atoms with E-state index >= 15 is 0 Å². The lowest BCUT2D eigenvalue weighted by molar-refractivity contribution is 0.0400. The van der Waals surface area contributed by atoms with Crippen LogP contribution in [0.25, 0.3) is 0 Å². The third-order valence-electron chi connectivity index (χ3n) is 5.39. The molecule has 1 aliphatic carbocycles. The Morgan fingerprint density at radius 2 is 2.22 bits per heavy atom. The molecular weight excluding hydrogens is 218 g/mol. The number of likely N-dealkylation sites (tertiary alicyclic amines) is 1. The second-order valence-corrected chi connectivity index (χ2v) is 6.17. The summed E-state index contributed by atoms with van der Waals surface area (Å²) in [4.78, 5) is 2.62. The van der Waals surface area contributed by atoms with E-state index in [1.165, 1.54) is 19.4 Å². The molecule has 0 unspecified atom stereocenters. The lowest BCUT2D eigenvalue weighted by Crippen LogP contribution is -2.57. The number of piperidine rings is 1. The fourth-order valence-corrected chi connectivity index (χ4v) is 4.07. The first-order valence-corrected chi connectivity index (χ1v) is 7.10. The predicted molar refractivity (Wildman–Crippen MR) is 76.8 cm³/mol. The van der Waals surface area contributed by atoms with Crippen LogP contribution in [0.4, 0.5) is 0 Å². The van der Waals surface area contributed by atoms with Crippen LogP contribution in [0, 0.1) is 5.92 Å². The van der Waals surface area contributed by atoms with E-state index in [2.05, 4.69) is 55.7 Å². The largest absolute Gasteiger partial charge is 0.296 e. The summed E-state index contributed by atoms with van der Waals surface area (Å²) in [7, 11) is 0. The zero-order valence-electron chi connectivity index (χ0n) is 11.5. The summed E-state index contributed by atoms with van der Waals surface area (Å²) in [6, 6.07) is 9.75. The highest BCUT2D eigenvalue weighted by atomic mass is 15.2. The SMILES string of the molecule is C=CCN1CC[C@]2(C)c3ccccc3C[C@H]1[C@H]2C. The maximum Gasteiger partial charge on any atom is 0.0173 e. The molecule has 1 aliphatic heterocycles. The molecule has 1 aromatic carbocycles. The van der Waals surface area contributed by atoms with Crippen LogP contribution < -0.4 is 0 Å². The van der Waals surface area contributed by atoms with E-state index in [-0.39, 0.29) is 0 Å². The van der Waals surface area contributed by atoms with Crippen molar-refractivity contribution in [2.75, 3.05) is 13.1 Å². The minimum absolute atomic E-state index is 0.372. The minimum Gasteiger partial charge on any atom is -0.296 e. The van der Waals surface area contributed by atoms with E-state index in [1.54, 1.807) is 11.1 Å². The number of benzene rings is 1. The standard InChI is InChI=1S/C17H23N/c1-4-10-18-11-9-17(3)13(2)16(18)12-14-7-5-6-8-15(14)17/h4-8,13,16H,1,9-12H2,2-3H3/t13-,16+,17+/m1/s1. The van der Waals surface area contributed by atoms with Crippen molar-refractivity contribution in [1.29, 1.82) is 0 Å². The van der Waals surface area contributed by atoms with Crippen LogP contribution in [0.2, 0.25) is 0 Å². The zero-order valence-corrected chi connectivity index (χ0v) is 11.5. The second kappa shape index (κ2) is 4.24. The molecule has 1 fully saturated rings. The fourth-order valence-electron chi connectivity index (χ4n) is 4.07. The molecule has 3 atom stereocenters. The number of hydrogen-bond acceptors (Lipinski definition) is 1. The molecule has 0 radical (unpaired) electrons. The molecule has 0 aromatic heterocycles. The topological polar surface area (TPSA) is 3.24 Å². The monoisotopic (exact) mass is 241 g/mol. The maximum atomic E-state index is 3.91. The van der Waals surface area contributed by atoms with Crippen LogP contribution in [-0.2, 0) is 11.8 Å². The molecule has 1 heteroatoms. The quantitative estimate of drug-likeness (QED) is 0.717. The van der Waals surface area contributed by atoms with E-state index in [0.29, 0.717) is 11.5 Å². The summed E-state index contributed by atoms with van der Waals surface area (Å²) in [6.07, 6.45) is 4.53. The Hall–Kier alpha value is -1.08. The lowest BCUT2D eigenvalue weighted by Gasteiger charge is -2.54. The highest BCUT2D eigenvalue weighted by Crippen LogP contribution is 2.48. The minimum atomic E-state index is 0.372. The van der Waals surface area contributed by atoms with E-state index in [1.807, 2.05) is 0 Å². The van der Waals surface area contributed by atoms with Gasteiger partial charge < -0.3 is 0 Å². The highest BCUT2D eigenvalue weighted by molar-refractivity contribution is 5.39. The molecule has 1 saturated heterocycles. The van der Waals surface area contributed by atoms with Crippen LogP contribution >= 0.6 is 0 Å². The van der Waals surface area contributed by atoms with Crippen molar-refractivity contribution in [2.24, 2.45) is 5.92 Å². The molecular formula is C17H23N. The van der Waals surface area contributed by atoms with Gasteiger partial charge in [-0.25, -0.2) is 0 Å². The van der Waals surface area contributed by atoms with Gasteiger partial charge in [0.05, 0.1) is 0 Å². The number of fused-ring (bicyclic) bond motifs is 4. The van der Waals surface area contributed by atoms with Gasteiger partial charge in [-0.2, -0.15) is 0 Å². The Kier molecular flexibility index (Phi) is 2.82. The van der Waals surface area contributed by atoms with Crippen molar-refractivity contribution < 1.29 is 0 Å². The van der Waals surface area contributed by atoms with Gasteiger partial charge in [0.25, 0.3) is 0 Å². The maximum absolute atomic E-state index is 3.91. The molecule has 3 rings (SSSR count). The molecule has 0 N–H and O–H groups in total. The highest BCUT2D eigenvalue weighted by Gasteiger charge is 2.47. The van der Waals surface area contributed by atoms with Crippen molar-refractivity contribution in [3.05, 3.63) is 48.0 Å². The molecule has 18 heavy (non-hydrogen) atoms. The van der Waals surface area contributed by atoms with E-state index < -0.39 is 0 Å². The third-order valence-corrected chi connectivity index (χ3v) is 5.39. The van der Waals surface area contributed by atoms with Crippen molar-refractivity contribution >= 4 is 0 Å². The predicted octanol–water partition coefficient (Wildman–Crippen LogP) is 3.40. The van der Waals surface area contributed by atoms with E-state index in [9.17, 15) is 0 Å². The molecule has 1 nitrogen and oxygen atoms in total. The average Bonchev–Trinajstić information content (AvgIpc) is 2.37. The summed E-state index contributed by atoms with van der Waals surface area (Å²) < 4.78 is 0. The Bertz CT molecular complexity index is 464. The Balaban J connectivity index is 2.04. The fraction of sp³-hybridized carbons (Fsp3) is 0.529. The molecule has 0 saturated carbocycles. The summed E-state index contributed by atoms with van der Waals surface area (Å²) in [6.45, 7) is 11.1. The number of nitrogens with zero attached hydrogens (tertiary/aromatic N) is 1. The number of rotatable bonds is 2. The first kappa shape index (κ1) is 12.0. The van der Waals surface area contributed by atoms with Crippen LogP contribution in [0.1, 0.15) is 31.4 Å². The molecule has 96 valence electrons. The van der Waals surface area contributed by atoms with Gasteiger partial charge in [-0.05, 0) is 41.8 Å². The third kappa shape index (κ3) is 1.57. The summed E-state index contributed by atoms with van der Waals surface area (Å²) in [5, 5.41) is 0. The van der Waals surface area contributed by atoms with E-state index in [0.717, 1.165) is 12.5 Å². The van der Waals surface area contributed by atoms with Crippen molar-refractivity contribution in [1.82, 2.24) is 4.90 Å². The van der Waals surface area contributed by atoms with Crippen LogP contribution in [-0.4, -0.2) is 24.0 Å². The van der Waals surface area contributed by atoms with Crippen LogP contribution in [0.15, 0.2) is 36.9 Å². The van der Waals surface area contributed by atoms with Gasteiger partial charge >= 0.3 is 0 Å². The van der Waals surface area contributed by atoms with Gasteiger partial charge in [0.2, 0.25) is 0 Å². The van der Waals surface area contributed by atoms with Crippen molar-refractivity contribution in [3.8, 4) is 0 Å². The van der Waals surface area contributed by atoms with E-state index in [4.69, 9.17) is 0 Å². The Morgan fingerprint density at radius 3 is 3.00 bits per heavy atom. The normalized spacial score (nSPS) is 35.0. The Morgan fingerprint density at radius 1 is 1.44 bits per heavy atom. The molecule has 0 spiro atoms. The summed E-state index contributed by atoms with van der Waals surface area (Å²) in [5.41, 5.74) is 3.54. The van der Waals surface area contributed by atoms with Gasteiger partial charge in [-0.1, -0.05) is 44.2 Å². The Labute approximate surface area is 111 Å². The average molecular weight is 241 g/mol. The van der Waals surface area contributed by atoms with Crippen molar-refractivity contribution in [3.63, 3.8) is 0 Å². The van der Waals surface area contributed by atoms with Gasteiger partial charge in [-0.3, -0.25) is 4.90 Å². The van der Waals surface area contributed by atoms with Gasteiger partial charge in [0, 0.05) is 12.6 Å². The molecule has 0 amide bonds. The van der Waals surface area contributed by atoms with Crippen LogP contribution in [0.3, 0.4) is 0 Å². The smallest absolute Gasteiger partial charge is 0.0173 e.